The molecular weight excluding hydrogens is 427 g/mol. The third-order valence-electron chi connectivity index (χ3n) is 5.17. The van der Waals surface area contributed by atoms with Gasteiger partial charge in [-0.3, -0.25) is 0 Å². The maximum atomic E-state index is 13.7. The van der Waals surface area contributed by atoms with E-state index in [1.165, 1.54) is 23.5 Å². The molecule has 0 saturated heterocycles. The molecule has 3 aromatic rings. The Morgan fingerprint density at radius 3 is 2.78 bits per heavy atom. The van der Waals surface area contributed by atoms with Gasteiger partial charge in [0.15, 0.2) is 0 Å². The maximum Gasteiger partial charge on any atom is 0.408 e. The van der Waals surface area contributed by atoms with Crippen molar-refractivity contribution in [2.75, 3.05) is 0 Å². The summed E-state index contributed by atoms with van der Waals surface area (Å²) in [5.41, 5.74) is 3.31. The van der Waals surface area contributed by atoms with E-state index in [2.05, 4.69) is 15.5 Å². The van der Waals surface area contributed by atoms with Gasteiger partial charge in [-0.15, -0.1) is 10.2 Å². The molecule has 0 aliphatic heterocycles. The van der Waals surface area contributed by atoms with E-state index in [1.54, 1.807) is 6.07 Å². The lowest BCUT2D eigenvalue weighted by molar-refractivity contribution is 0.0816. The number of carbonyl (C=O) groups is 1. The van der Waals surface area contributed by atoms with E-state index in [0.29, 0.717) is 10.6 Å². The number of ether oxygens (including phenoxy) is 1. The Balaban J connectivity index is 1.63. The molecule has 1 aromatic heterocycles. The van der Waals surface area contributed by atoms with E-state index < -0.39 is 11.9 Å². The zero-order chi connectivity index (χ0) is 22.9. The number of halogens is 1. The molecule has 1 aliphatic rings. The number of aromatic nitrogens is 2. The van der Waals surface area contributed by atoms with Crippen molar-refractivity contribution < 1.29 is 13.9 Å². The molecule has 4 rings (SSSR count). The van der Waals surface area contributed by atoms with Crippen LogP contribution in [0.3, 0.4) is 0 Å². The minimum atomic E-state index is -0.556. The first kappa shape index (κ1) is 21.9. The van der Waals surface area contributed by atoms with E-state index in [9.17, 15) is 9.18 Å². The van der Waals surface area contributed by atoms with Crippen molar-refractivity contribution in [1.29, 1.82) is 5.26 Å². The van der Waals surface area contributed by atoms with Gasteiger partial charge in [-0.1, -0.05) is 29.5 Å². The number of amides is 1. The van der Waals surface area contributed by atoms with Crippen molar-refractivity contribution >= 4 is 17.4 Å². The van der Waals surface area contributed by atoms with Gasteiger partial charge in [0.1, 0.15) is 28.0 Å². The third kappa shape index (κ3) is 4.63. The molecule has 1 N–H and O–H groups in total. The van der Waals surface area contributed by atoms with E-state index in [0.717, 1.165) is 41.0 Å². The van der Waals surface area contributed by atoms with Crippen molar-refractivity contribution in [1.82, 2.24) is 15.5 Å². The number of hydrogen-bond acceptors (Lipinski definition) is 6. The first-order chi connectivity index (χ1) is 15.2. The van der Waals surface area contributed by atoms with Crippen LogP contribution >= 0.6 is 11.3 Å². The Kier molecular flexibility index (Phi) is 5.94. The quantitative estimate of drug-likeness (QED) is 0.546. The number of hydrogen-bond donors (Lipinski definition) is 1. The Labute approximate surface area is 190 Å². The van der Waals surface area contributed by atoms with Crippen LogP contribution in [0.15, 0.2) is 36.4 Å². The van der Waals surface area contributed by atoms with E-state index in [1.807, 2.05) is 45.0 Å². The first-order valence-corrected chi connectivity index (χ1v) is 11.2. The number of nitriles is 1. The normalized spacial score (nSPS) is 15.5. The molecule has 0 spiro atoms. The van der Waals surface area contributed by atoms with E-state index in [4.69, 9.17) is 10.00 Å². The highest BCUT2D eigenvalue weighted by Crippen LogP contribution is 2.40. The number of benzene rings is 2. The fraction of sp³-hybridized carbons (Fsp3) is 0.333. The minimum Gasteiger partial charge on any atom is -0.441 e. The molecule has 1 unspecified atom stereocenters. The van der Waals surface area contributed by atoms with Crippen molar-refractivity contribution in [3.8, 4) is 27.2 Å². The molecule has 0 saturated carbocycles. The van der Waals surface area contributed by atoms with Crippen LogP contribution in [0.25, 0.3) is 21.1 Å². The van der Waals surface area contributed by atoms with Crippen molar-refractivity contribution in [2.45, 2.75) is 51.7 Å². The van der Waals surface area contributed by atoms with Gasteiger partial charge in [-0.05, 0) is 69.4 Å². The van der Waals surface area contributed by atoms with Gasteiger partial charge in [0.25, 0.3) is 0 Å². The average Bonchev–Trinajstić information content (AvgIpc) is 3.22. The standard InChI is InChI=1S/C24H23FN4O2S/c1-24(2,3)27-23(30)31-20-9-5-6-16-17(20)7-4-8-18(16)22-29-28-21(32-22)14-10-11-19(25)15(12-14)13-26/h4,7-8,10-12,20H,5-6,9H2,1-3H3,(H,27,30). The van der Waals surface area contributed by atoms with Crippen LogP contribution in [0.2, 0.25) is 0 Å². The summed E-state index contributed by atoms with van der Waals surface area (Å²) in [4.78, 5) is 12.3. The second-order valence-corrected chi connectivity index (χ2v) is 9.73. The second-order valence-electron chi connectivity index (χ2n) is 8.75. The van der Waals surface area contributed by atoms with Gasteiger partial charge >= 0.3 is 6.09 Å². The van der Waals surface area contributed by atoms with Crippen LogP contribution in [0.4, 0.5) is 9.18 Å². The van der Waals surface area contributed by atoms with Crippen LogP contribution in [-0.2, 0) is 11.2 Å². The zero-order valence-corrected chi connectivity index (χ0v) is 18.9. The maximum absolute atomic E-state index is 13.7. The summed E-state index contributed by atoms with van der Waals surface area (Å²) in [6.07, 6.45) is 1.78. The van der Waals surface area contributed by atoms with Crippen LogP contribution in [0.5, 0.6) is 0 Å². The Bertz CT molecular complexity index is 1210. The predicted molar refractivity (Wildman–Crippen MR) is 121 cm³/mol. The van der Waals surface area contributed by atoms with E-state index in [-0.39, 0.29) is 17.2 Å². The molecule has 1 atom stereocenters. The van der Waals surface area contributed by atoms with Gasteiger partial charge in [0, 0.05) is 16.7 Å². The third-order valence-corrected chi connectivity index (χ3v) is 6.17. The number of nitrogens with one attached hydrogen (secondary N) is 1. The molecule has 164 valence electrons. The molecule has 8 heteroatoms. The molecule has 6 nitrogen and oxygen atoms in total. The summed E-state index contributed by atoms with van der Waals surface area (Å²) >= 11 is 1.39. The summed E-state index contributed by atoms with van der Waals surface area (Å²) in [7, 11) is 0. The second kappa shape index (κ2) is 8.67. The van der Waals surface area contributed by atoms with Gasteiger partial charge < -0.3 is 10.1 Å². The Hall–Kier alpha value is -3.31. The van der Waals surface area contributed by atoms with Crippen LogP contribution < -0.4 is 5.32 Å². The predicted octanol–water partition coefficient (Wildman–Crippen LogP) is 5.78. The minimum absolute atomic E-state index is 0.0233. The average molecular weight is 451 g/mol. The van der Waals surface area contributed by atoms with Gasteiger partial charge in [-0.2, -0.15) is 5.26 Å². The molecule has 1 amide bonds. The summed E-state index contributed by atoms with van der Waals surface area (Å²) < 4.78 is 19.4. The van der Waals surface area contributed by atoms with Crippen molar-refractivity contribution in [3.63, 3.8) is 0 Å². The Morgan fingerprint density at radius 1 is 1.25 bits per heavy atom. The first-order valence-electron chi connectivity index (χ1n) is 10.4. The highest BCUT2D eigenvalue weighted by Gasteiger charge is 2.27. The lowest BCUT2D eigenvalue weighted by Gasteiger charge is -2.28. The van der Waals surface area contributed by atoms with Crippen LogP contribution in [0, 0.1) is 17.1 Å². The van der Waals surface area contributed by atoms with Gasteiger partial charge in [0.2, 0.25) is 0 Å². The largest absolute Gasteiger partial charge is 0.441 e. The highest BCUT2D eigenvalue weighted by molar-refractivity contribution is 7.17. The molecular formula is C24H23FN4O2S. The SMILES string of the molecule is CC(C)(C)NC(=O)OC1CCCc2c(-c3nnc(-c4ccc(F)c(C#N)c4)s3)cccc21. The van der Waals surface area contributed by atoms with Gasteiger partial charge in [0.05, 0.1) is 5.56 Å². The highest BCUT2D eigenvalue weighted by atomic mass is 32.1. The molecule has 32 heavy (non-hydrogen) atoms. The summed E-state index contributed by atoms with van der Waals surface area (Å²) in [6.45, 7) is 5.73. The molecule has 0 fully saturated rings. The van der Waals surface area contributed by atoms with Crippen LogP contribution in [-0.4, -0.2) is 21.8 Å². The van der Waals surface area contributed by atoms with Crippen LogP contribution in [0.1, 0.15) is 56.4 Å². The van der Waals surface area contributed by atoms with E-state index >= 15 is 0 Å². The molecule has 1 aliphatic carbocycles. The van der Waals surface area contributed by atoms with Gasteiger partial charge in [-0.25, -0.2) is 9.18 Å². The molecule has 0 bridgehead atoms. The molecule has 0 radical (unpaired) electrons. The molecule has 2 aromatic carbocycles. The summed E-state index contributed by atoms with van der Waals surface area (Å²) in [5.74, 6) is -0.556. The number of fused-ring (bicyclic) bond motifs is 1. The molecule has 1 heterocycles. The Morgan fingerprint density at radius 2 is 2.03 bits per heavy atom. The lowest BCUT2D eigenvalue weighted by Crippen LogP contribution is -2.41. The number of nitrogens with zero attached hydrogens (tertiary/aromatic N) is 3. The number of carbonyl (C=O) groups excluding carboxylic acids is 1. The van der Waals surface area contributed by atoms with Crippen molar-refractivity contribution in [2.24, 2.45) is 0 Å². The zero-order valence-electron chi connectivity index (χ0n) is 18.1. The fourth-order valence-electron chi connectivity index (χ4n) is 3.79. The fourth-order valence-corrected chi connectivity index (χ4v) is 4.68. The number of alkyl carbamates (subject to hydrolysis) is 1. The topological polar surface area (TPSA) is 87.9 Å². The lowest BCUT2D eigenvalue weighted by atomic mass is 9.86. The summed E-state index contributed by atoms with van der Waals surface area (Å²) in [5, 5.41) is 21.9. The summed E-state index contributed by atoms with van der Waals surface area (Å²) in [6, 6.07) is 12.1. The smallest absolute Gasteiger partial charge is 0.408 e. The number of rotatable bonds is 3. The monoisotopic (exact) mass is 450 g/mol. The van der Waals surface area contributed by atoms with Crippen molar-refractivity contribution in [3.05, 3.63) is 58.9 Å².